The van der Waals surface area contributed by atoms with E-state index < -0.39 is 0 Å². The van der Waals surface area contributed by atoms with Crippen LogP contribution >= 0.6 is 15.9 Å². The molecule has 0 unspecified atom stereocenters. The third kappa shape index (κ3) is 1.54. The number of para-hydroxylation sites is 2. The van der Waals surface area contributed by atoms with Crippen LogP contribution in [-0.2, 0) is 0 Å². The van der Waals surface area contributed by atoms with Crippen LogP contribution in [0.4, 0.5) is 0 Å². The molecule has 0 radical (unpaired) electrons. The quantitative estimate of drug-likeness (QED) is 0.273. The summed E-state index contributed by atoms with van der Waals surface area (Å²) in [4.78, 5) is 3.72. The molecule has 7 rings (SSSR count). The van der Waals surface area contributed by atoms with Crippen molar-refractivity contribution < 1.29 is 0 Å². The summed E-state index contributed by atoms with van der Waals surface area (Å²) >= 11 is 3.81. The lowest BCUT2D eigenvalue weighted by Gasteiger charge is -2.05. The van der Waals surface area contributed by atoms with Gasteiger partial charge in [-0.05, 0) is 29.0 Å². The van der Waals surface area contributed by atoms with Gasteiger partial charge in [0.1, 0.15) is 0 Å². The highest BCUT2D eigenvalue weighted by molar-refractivity contribution is 9.10. The molecule has 0 amide bonds. The van der Waals surface area contributed by atoms with Crippen LogP contribution < -0.4 is 0 Å². The molecule has 126 valence electrons. The molecule has 3 heterocycles. The number of rotatable bonds is 0. The molecule has 1 N–H and O–H groups in total. The highest BCUT2D eigenvalue weighted by atomic mass is 79.9. The lowest BCUT2D eigenvalue weighted by atomic mass is 10.0. The molecule has 0 aliphatic carbocycles. The maximum atomic E-state index is 3.81. The van der Waals surface area contributed by atoms with Crippen molar-refractivity contribution in [2.45, 2.75) is 0 Å². The number of hydrogen-bond donors (Lipinski definition) is 1. The van der Waals surface area contributed by atoms with E-state index in [9.17, 15) is 0 Å². The first-order valence-corrected chi connectivity index (χ1v) is 9.88. The van der Waals surface area contributed by atoms with Crippen molar-refractivity contribution in [3.05, 3.63) is 77.3 Å². The second kappa shape index (κ2) is 4.62. The molecule has 0 aliphatic rings. The van der Waals surface area contributed by atoms with Crippen LogP contribution in [0, 0.1) is 0 Å². The number of nitrogens with zero attached hydrogens (tertiary/aromatic N) is 1. The van der Waals surface area contributed by atoms with Gasteiger partial charge in [-0.25, -0.2) is 0 Å². The van der Waals surface area contributed by atoms with Crippen molar-refractivity contribution in [2.75, 3.05) is 0 Å². The zero-order chi connectivity index (χ0) is 17.7. The standard InChI is InChI=1S/C24H13BrN2/c25-17-12-18-22-21-14(8-5-9-15(17)21)13-6-1-3-10-19(13)27-20-11-4-2-7-16(20)23(26-18)24(22)27/h1-12,26H. The SMILES string of the molecule is Brc1cc2[nH]c3c4ccccc4n4c5ccccc5c5cccc1c5c2c34. The minimum Gasteiger partial charge on any atom is -0.353 e. The van der Waals surface area contributed by atoms with Crippen molar-refractivity contribution >= 4 is 75.8 Å². The normalized spacial score (nSPS) is 12.6. The van der Waals surface area contributed by atoms with Gasteiger partial charge in [0.2, 0.25) is 0 Å². The van der Waals surface area contributed by atoms with E-state index in [0.29, 0.717) is 0 Å². The van der Waals surface area contributed by atoms with Crippen LogP contribution in [0.15, 0.2) is 77.3 Å². The summed E-state index contributed by atoms with van der Waals surface area (Å²) in [6.07, 6.45) is 0. The number of nitrogens with one attached hydrogen (secondary N) is 1. The predicted molar refractivity (Wildman–Crippen MR) is 118 cm³/mol. The summed E-state index contributed by atoms with van der Waals surface area (Å²) in [6, 6.07) is 26.3. The van der Waals surface area contributed by atoms with Gasteiger partial charge in [0.15, 0.2) is 0 Å². The van der Waals surface area contributed by atoms with Crippen LogP contribution in [0.5, 0.6) is 0 Å². The fourth-order valence-electron chi connectivity index (χ4n) is 4.89. The first-order chi connectivity index (χ1) is 13.3. The second-order valence-electron chi connectivity index (χ2n) is 7.23. The molecule has 0 fully saturated rings. The lowest BCUT2D eigenvalue weighted by Crippen LogP contribution is -1.83. The molecule has 3 aromatic heterocycles. The van der Waals surface area contributed by atoms with E-state index in [1.165, 1.54) is 59.9 Å². The molecular formula is C24H13BrN2. The average Bonchev–Trinajstić information content (AvgIpc) is 3.17. The Bertz CT molecular complexity index is 1680. The van der Waals surface area contributed by atoms with E-state index in [1.807, 2.05) is 0 Å². The maximum Gasteiger partial charge on any atom is 0.0804 e. The van der Waals surface area contributed by atoms with E-state index in [-0.39, 0.29) is 0 Å². The van der Waals surface area contributed by atoms with E-state index in [4.69, 9.17) is 0 Å². The molecule has 0 spiro atoms. The molecule has 0 atom stereocenters. The molecule has 3 heteroatoms. The summed E-state index contributed by atoms with van der Waals surface area (Å²) in [7, 11) is 0. The van der Waals surface area contributed by atoms with Crippen LogP contribution in [-0.4, -0.2) is 9.38 Å². The molecule has 27 heavy (non-hydrogen) atoms. The Balaban J connectivity index is 2.06. The molecule has 0 aliphatic heterocycles. The van der Waals surface area contributed by atoms with Gasteiger partial charge in [-0.3, -0.25) is 0 Å². The second-order valence-corrected chi connectivity index (χ2v) is 8.08. The van der Waals surface area contributed by atoms with Gasteiger partial charge in [0.05, 0.1) is 22.1 Å². The Morgan fingerprint density at radius 1 is 0.667 bits per heavy atom. The van der Waals surface area contributed by atoms with Gasteiger partial charge >= 0.3 is 0 Å². The Morgan fingerprint density at radius 3 is 2.19 bits per heavy atom. The Kier molecular flexibility index (Phi) is 2.41. The Morgan fingerprint density at radius 2 is 1.33 bits per heavy atom. The number of hydrogen-bond acceptors (Lipinski definition) is 0. The fourth-order valence-corrected chi connectivity index (χ4v) is 5.44. The smallest absolute Gasteiger partial charge is 0.0804 e. The van der Waals surface area contributed by atoms with Gasteiger partial charge in [-0.15, -0.1) is 0 Å². The first-order valence-electron chi connectivity index (χ1n) is 9.09. The highest BCUT2D eigenvalue weighted by Crippen LogP contribution is 2.44. The number of fused-ring (bicyclic) bond motifs is 6. The minimum absolute atomic E-state index is 1.13. The molecule has 0 saturated heterocycles. The van der Waals surface area contributed by atoms with Crippen molar-refractivity contribution in [1.29, 1.82) is 0 Å². The maximum absolute atomic E-state index is 3.81. The van der Waals surface area contributed by atoms with Crippen molar-refractivity contribution in [3.63, 3.8) is 0 Å². The third-order valence-electron chi connectivity index (χ3n) is 5.92. The molecule has 2 nitrogen and oxygen atoms in total. The number of benzene rings is 4. The number of aromatic nitrogens is 2. The minimum atomic E-state index is 1.13. The van der Waals surface area contributed by atoms with E-state index in [0.717, 1.165) is 4.47 Å². The van der Waals surface area contributed by atoms with Crippen molar-refractivity contribution in [1.82, 2.24) is 9.38 Å². The predicted octanol–water partition coefficient (Wildman–Crippen LogP) is 7.23. The third-order valence-corrected chi connectivity index (χ3v) is 6.57. The van der Waals surface area contributed by atoms with E-state index in [2.05, 4.69) is 98.1 Å². The summed E-state index contributed by atoms with van der Waals surface area (Å²) in [5.74, 6) is 0. The summed E-state index contributed by atoms with van der Waals surface area (Å²) in [6.45, 7) is 0. The van der Waals surface area contributed by atoms with Gasteiger partial charge in [-0.1, -0.05) is 70.5 Å². The highest BCUT2D eigenvalue weighted by Gasteiger charge is 2.21. The molecule has 7 aromatic rings. The monoisotopic (exact) mass is 408 g/mol. The zero-order valence-corrected chi connectivity index (χ0v) is 15.8. The topological polar surface area (TPSA) is 20.2 Å². The molecular weight excluding hydrogens is 396 g/mol. The molecule has 4 aromatic carbocycles. The number of halogens is 1. The van der Waals surface area contributed by atoms with Crippen LogP contribution in [0.3, 0.4) is 0 Å². The van der Waals surface area contributed by atoms with E-state index >= 15 is 0 Å². The summed E-state index contributed by atoms with van der Waals surface area (Å²) < 4.78 is 3.57. The number of aromatic amines is 1. The van der Waals surface area contributed by atoms with Gasteiger partial charge < -0.3 is 9.38 Å². The average molecular weight is 409 g/mol. The van der Waals surface area contributed by atoms with Gasteiger partial charge in [-0.2, -0.15) is 0 Å². The first kappa shape index (κ1) is 14.1. The largest absolute Gasteiger partial charge is 0.353 e. The van der Waals surface area contributed by atoms with Crippen molar-refractivity contribution in [2.24, 2.45) is 0 Å². The van der Waals surface area contributed by atoms with Gasteiger partial charge in [0, 0.05) is 31.5 Å². The summed E-state index contributed by atoms with van der Waals surface area (Å²) in [5, 5.41) is 7.73. The number of H-pyrrole nitrogens is 1. The van der Waals surface area contributed by atoms with Gasteiger partial charge in [0.25, 0.3) is 0 Å². The van der Waals surface area contributed by atoms with Crippen LogP contribution in [0.25, 0.3) is 59.9 Å². The van der Waals surface area contributed by atoms with E-state index in [1.54, 1.807) is 0 Å². The molecule has 0 bridgehead atoms. The zero-order valence-electron chi connectivity index (χ0n) is 14.3. The Hall–Kier alpha value is -3.04. The summed E-state index contributed by atoms with van der Waals surface area (Å²) in [5.41, 5.74) is 6.16. The lowest BCUT2D eigenvalue weighted by molar-refractivity contribution is 1.36. The molecule has 0 saturated carbocycles. The Labute approximate surface area is 162 Å². The van der Waals surface area contributed by atoms with Crippen LogP contribution in [0.1, 0.15) is 0 Å². The fraction of sp³-hybridized carbons (Fsp3) is 0. The van der Waals surface area contributed by atoms with Crippen LogP contribution in [0.2, 0.25) is 0 Å². The van der Waals surface area contributed by atoms with Crippen molar-refractivity contribution in [3.8, 4) is 0 Å².